The first-order chi connectivity index (χ1) is 9.95. The van der Waals surface area contributed by atoms with Crippen LogP contribution in [0.4, 0.5) is 13.6 Å². The van der Waals surface area contributed by atoms with Crippen molar-refractivity contribution in [2.24, 2.45) is 0 Å². The predicted octanol–water partition coefficient (Wildman–Crippen LogP) is 3.35. The van der Waals surface area contributed by atoms with Gasteiger partial charge in [0.1, 0.15) is 5.52 Å². The minimum absolute atomic E-state index is 0.0574. The Morgan fingerprint density at radius 3 is 2.81 bits per heavy atom. The fourth-order valence-corrected chi connectivity index (χ4v) is 2.69. The molecule has 1 aliphatic rings. The molecule has 0 saturated carbocycles. The Hall–Kier alpha value is -2.18. The molecular weight excluding hydrogens is 282 g/mol. The van der Waals surface area contributed by atoms with E-state index >= 15 is 0 Å². The molecule has 2 atom stereocenters. The average molecular weight is 296 g/mol. The summed E-state index contributed by atoms with van der Waals surface area (Å²) in [6, 6.07) is 1.89. The number of halogens is 2. The van der Waals surface area contributed by atoms with E-state index in [0.717, 1.165) is 18.6 Å². The fraction of sp³-hybridized carbons (Fsp3) is 0.429. The molecule has 2 aromatic rings. The van der Waals surface area contributed by atoms with Crippen LogP contribution in [0.5, 0.6) is 0 Å². The van der Waals surface area contributed by atoms with Gasteiger partial charge in [0.2, 0.25) is 0 Å². The van der Waals surface area contributed by atoms with Gasteiger partial charge in [-0.2, -0.15) is 0 Å². The van der Waals surface area contributed by atoms with Crippen LogP contribution < -0.4 is 0 Å². The van der Waals surface area contributed by atoms with Gasteiger partial charge in [-0.25, -0.2) is 18.6 Å². The molecule has 1 amide bonds. The third-order valence-corrected chi connectivity index (χ3v) is 3.92. The first-order valence-corrected chi connectivity index (χ1v) is 6.70. The normalized spacial score (nSPS) is 22.7. The van der Waals surface area contributed by atoms with Gasteiger partial charge in [-0.15, -0.1) is 0 Å². The van der Waals surface area contributed by atoms with Gasteiger partial charge in [-0.05, 0) is 19.8 Å². The van der Waals surface area contributed by atoms with Crippen molar-refractivity contribution in [2.75, 3.05) is 6.54 Å². The molecule has 2 heterocycles. The lowest BCUT2D eigenvalue weighted by atomic mass is 9.94. The smallest absolute Gasteiger partial charge is 0.407 e. The van der Waals surface area contributed by atoms with E-state index in [1.54, 1.807) is 0 Å². The molecule has 0 bridgehead atoms. The number of hydrogen-bond acceptors (Lipinski definition) is 3. The summed E-state index contributed by atoms with van der Waals surface area (Å²) in [5.74, 6) is -1.84. The van der Waals surface area contributed by atoms with Gasteiger partial charge in [-0.1, -0.05) is 0 Å². The summed E-state index contributed by atoms with van der Waals surface area (Å²) >= 11 is 0. The van der Waals surface area contributed by atoms with Gasteiger partial charge >= 0.3 is 6.09 Å². The zero-order chi connectivity index (χ0) is 15.1. The Bertz CT molecular complexity index is 662. The molecule has 1 N–H and O–H groups in total. The predicted molar refractivity (Wildman–Crippen MR) is 70.1 cm³/mol. The van der Waals surface area contributed by atoms with E-state index in [2.05, 4.69) is 4.98 Å². The summed E-state index contributed by atoms with van der Waals surface area (Å²) in [5.41, 5.74) is 0.411. The lowest BCUT2D eigenvalue weighted by molar-refractivity contribution is 0.102. The van der Waals surface area contributed by atoms with Crippen LogP contribution in [0.3, 0.4) is 0 Å². The van der Waals surface area contributed by atoms with Gasteiger partial charge in [0.05, 0.1) is 5.92 Å². The number of hydrogen-bond donors (Lipinski definition) is 1. The van der Waals surface area contributed by atoms with Gasteiger partial charge in [0.25, 0.3) is 0 Å². The molecule has 1 saturated heterocycles. The van der Waals surface area contributed by atoms with Crippen molar-refractivity contribution >= 4 is 17.2 Å². The van der Waals surface area contributed by atoms with E-state index in [9.17, 15) is 13.6 Å². The molecular formula is C14H14F2N2O3. The maximum Gasteiger partial charge on any atom is 0.407 e. The molecule has 7 heteroatoms. The molecule has 5 nitrogen and oxygen atoms in total. The van der Waals surface area contributed by atoms with Crippen LogP contribution in [-0.4, -0.2) is 33.7 Å². The molecule has 0 unspecified atom stereocenters. The number of oxazole rings is 1. The molecule has 112 valence electrons. The maximum absolute atomic E-state index is 13.2. The molecule has 1 aromatic heterocycles. The number of amides is 1. The van der Waals surface area contributed by atoms with Crippen molar-refractivity contribution in [1.82, 2.24) is 9.88 Å². The van der Waals surface area contributed by atoms with Crippen molar-refractivity contribution in [2.45, 2.75) is 31.7 Å². The van der Waals surface area contributed by atoms with Crippen LogP contribution in [0.1, 0.15) is 31.6 Å². The van der Waals surface area contributed by atoms with E-state index in [0.29, 0.717) is 12.3 Å². The second kappa shape index (κ2) is 4.98. The number of piperidine rings is 1. The zero-order valence-electron chi connectivity index (χ0n) is 11.3. The Labute approximate surface area is 119 Å². The topological polar surface area (TPSA) is 66.6 Å². The third-order valence-electron chi connectivity index (χ3n) is 3.92. The standard InChI is InChI=1S/C14H14F2N2O3/c1-7-2-3-8(6-18(7)14(19)20)13-17-11-4-9(15)10(16)5-12(11)21-13/h4-5,7-8H,2-3,6H2,1H3,(H,19,20)/t7-,8-/m1/s1. The molecule has 0 spiro atoms. The van der Waals surface area contributed by atoms with Gasteiger partial charge in [0.15, 0.2) is 23.1 Å². The van der Waals surface area contributed by atoms with E-state index in [4.69, 9.17) is 9.52 Å². The van der Waals surface area contributed by atoms with Gasteiger partial charge in [0, 0.05) is 24.7 Å². The molecule has 3 rings (SSSR count). The summed E-state index contributed by atoms with van der Waals surface area (Å²) in [4.78, 5) is 16.7. The third kappa shape index (κ3) is 2.43. The number of aromatic nitrogens is 1. The number of likely N-dealkylation sites (tertiary alicyclic amines) is 1. The van der Waals surface area contributed by atoms with Crippen LogP contribution in [-0.2, 0) is 0 Å². The number of carbonyl (C=O) groups is 1. The summed E-state index contributed by atoms with van der Waals surface area (Å²) < 4.78 is 31.8. The van der Waals surface area contributed by atoms with Crippen LogP contribution in [0.2, 0.25) is 0 Å². The maximum atomic E-state index is 13.2. The van der Waals surface area contributed by atoms with E-state index in [1.165, 1.54) is 4.90 Å². The number of fused-ring (bicyclic) bond motifs is 1. The lowest BCUT2D eigenvalue weighted by Gasteiger charge is -2.34. The Kier molecular flexibility index (Phi) is 3.27. The highest BCUT2D eigenvalue weighted by Gasteiger charge is 2.32. The molecule has 21 heavy (non-hydrogen) atoms. The quantitative estimate of drug-likeness (QED) is 0.876. The molecule has 1 aromatic carbocycles. The Morgan fingerprint density at radius 2 is 2.10 bits per heavy atom. The van der Waals surface area contributed by atoms with Crippen LogP contribution in [0, 0.1) is 11.6 Å². The van der Waals surface area contributed by atoms with Crippen molar-refractivity contribution in [3.8, 4) is 0 Å². The Morgan fingerprint density at radius 1 is 1.38 bits per heavy atom. The fourth-order valence-electron chi connectivity index (χ4n) is 2.69. The molecule has 1 aliphatic heterocycles. The summed E-state index contributed by atoms with van der Waals surface area (Å²) in [6.07, 6.45) is 0.432. The SMILES string of the molecule is C[C@@H]1CC[C@@H](c2nc3cc(F)c(F)cc3o2)CN1C(=O)O. The second-order valence-corrected chi connectivity index (χ2v) is 5.34. The van der Waals surface area contributed by atoms with E-state index < -0.39 is 17.7 Å². The molecule has 1 fully saturated rings. The van der Waals surface area contributed by atoms with Crippen molar-refractivity contribution in [3.05, 3.63) is 29.7 Å². The number of carboxylic acid groups (broad SMARTS) is 1. The zero-order valence-corrected chi connectivity index (χ0v) is 11.3. The van der Waals surface area contributed by atoms with Crippen molar-refractivity contribution in [3.63, 3.8) is 0 Å². The largest absolute Gasteiger partial charge is 0.465 e. The van der Waals surface area contributed by atoms with Crippen LogP contribution in [0.15, 0.2) is 16.5 Å². The highest BCUT2D eigenvalue weighted by atomic mass is 19.2. The lowest BCUT2D eigenvalue weighted by Crippen LogP contribution is -2.44. The number of benzene rings is 1. The summed E-state index contributed by atoms with van der Waals surface area (Å²) in [6.45, 7) is 2.12. The van der Waals surface area contributed by atoms with Crippen molar-refractivity contribution < 1.29 is 23.1 Å². The average Bonchev–Trinajstić information content (AvgIpc) is 2.82. The minimum atomic E-state index is -0.991. The van der Waals surface area contributed by atoms with E-state index in [1.807, 2.05) is 6.92 Å². The van der Waals surface area contributed by atoms with Crippen LogP contribution in [0.25, 0.3) is 11.1 Å². The van der Waals surface area contributed by atoms with Gasteiger partial charge in [-0.3, -0.25) is 0 Å². The second-order valence-electron chi connectivity index (χ2n) is 5.34. The van der Waals surface area contributed by atoms with Gasteiger partial charge < -0.3 is 14.4 Å². The highest BCUT2D eigenvalue weighted by molar-refractivity contribution is 5.72. The number of nitrogens with zero attached hydrogens (tertiary/aromatic N) is 2. The van der Waals surface area contributed by atoms with Crippen molar-refractivity contribution in [1.29, 1.82) is 0 Å². The molecule has 0 aliphatic carbocycles. The first kappa shape index (κ1) is 13.8. The Balaban J connectivity index is 1.91. The van der Waals surface area contributed by atoms with Crippen LogP contribution >= 0.6 is 0 Å². The summed E-state index contributed by atoms with van der Waals surface area (Å²) in [7, 11) is 0. The minimum Gasteiger partial charge on any atom is -0.465 e. The summed E-state index contributed by atoms with van der Waals surface area (Å²) in [5, 5.41) is 9.16. The monoisotopic (exact) mass is 296 g/mol. The number of rotatable bonds is 1. The highest BCUT2D eigenvalue weighted by Crippen LogP contribution is 2.32. The first-order valence-electron chi connectivity index (χ1n) is 6.70. The van der Waals surface area contributed by atoms with E-state index in [-0.39, 0.29) is 29.6 Å². The molecule has 0 radical (unpaired) electrons.